The number of nitrogens with one attached hydrogen (secondary N) is 1. The molecule has 2 atom stereocenters. The fourth-order valence-electron chi connectivity index (χ4n) is 4.28. The Morgan fingerprint density at radius 2 is 2.05 bits per heavy atom. The summed E-state index contributed by atoms with van der Waals surface area (Å²) < 4.78 is 0. The first-order valence-electron chi connectivity index (χ1n) is 7.99. The van der Waals surface area contributed by atoms with E-state index in [-0.39, 0.29) is 16.7 Å². The lowest BCUT2D eigenvalue weighted by Crippen LogP contribution is -2.42. The molecule has 21 heavy (non-hydrogen) atoms. The van der Waals surface area contributed by atoms with Gasteiger partial charge < -0.3 is 5.32 Å². The Bertz CT molecular complexity index is 560. The molecule has 112 valence electrons. The highest BCUT2D eigenvalue weighted by Crippen LogP contribution is 2.65. The fraction of sp³-hybridized carbons (Fsp3) is 0.526. The molecule has 0 aromatic heterocycles. The quantitative estimate of drug-likeness (QED) is 0.838. The molecule has 2 saturated carbocycles. The van der Waals surface area contributed by atoms with E-state index in [0.29, 0.717) is 12.5 Å². The first-order valence-corrected chi connectivity index (χ1v) is 7.99. The number of carbonyl (C=O) groups is 1. The minimum Gasteiger partial charge on any atom is -0.355 e. The maximum Gasteiger partial charge on any atom is 0.230 e. The maximum atomic E-state index is 12.7. The zero-order chi connectivity index (χ0) is 15.1. The van der Waals surface area contributed by atoms with Crippen molar-refractivity contribution in [1.82, 2.24) is 5.32 Å². The van der Waals surface area contributed by atoms with Crippen LogP contribution in [0.1, 0.15) is 38.7 Å². The Balaban J connectivity index is 1.62. The molecule has 2 bridgehead atoms. The van der Waals surface area contributed by atoms with Crippen LogP contribution in [0.4, 0.5) is 0 Å². The zero-order valence-electron chi connectivity index (χ0n) is 13.1. The van der Waals surface area contributed by atoms with E-state index in [1.54, 1.807) is 0 Å². The van der Waals surface area contributed by atoms with Gasteiger partial charge in [0.25, 0.3) is 0 Å². The maximum absolute atomic E-state index is 12.7. The first-order chi connectivity index (χ1) is 9.97. The predicted octanol–water partition coefficient (Wildman–Crippen LogP) is 3.73. The van der Waals surface area contributed by atoms with E-state index >= 15 is 0 Å². The fourth-order valence-corrected chi connectivity index (χ4v) is 4.28. The topological polar surface area (TPSA) is 29.1 Å². The van der Waals surface area contributed by atoms with Gasteiger partial charge in [0.2, 0.25) is 5.91 Å². The molecule has 0 saturated heterocycles. The van der Waals surface area contributed by atoms with Gasteiger partial charge in [0, 0.05) is 6.54 Å². The van der Waals surface area contributed by atoms with Gasteiger partial charge >= 0.3 is 0 Å². The highest BCUT2D eigenvalue weighted by Gasteiger charge is 2.60. The van der Waals surface area contributed by atoms with Crippen LogP contribution in [0.3, 0.4) is 0 Å². The molecule has 2 fully saturated rings. The highest BCUT2D eigenvalue weighted by molar-refractivity contribution is 5.87. The number of hydrogen-bond acceptors (Lipinski definition) is 1. The third kappa shape index (κ3) is 2.21. The van der Waals surface area contributed by atoms with Crippen LogP contribution in [-0.2, 0) is 11.2 Å². The minimum atomic E-state index is -0.287. The summed E-state index contributed by atoms with van der Waals surface area (Å²) in [7, 11) is 0. The van der Waals surface area contributed by atoms with Crippen LogP contribution in [0.5, 0.6) is 0 Å². The van der Waals surface area contributed by atoms with Crippen LogP contribution in [0.15, 0.2) is 42.5 Å². The molecule has 2 aliphatic carbocycles. The summed E-state index contributed by atoms with van der Waals surface area (Å²) in [5.74, 6) is 0.835. The molecule has 2 nitrogen and oxygen atoms in total. The van der Waals surface area contributed by atoms with Gasteiger partial charge in [0.1, 0.15) is 0 Å². The zero-order valence-corrected chi connectivity index (χ0v) is 13.1. The van der Waals surface area contributed by atoms with Crippen LogP contribution in [-0.4, -0.2) is 12.5 Å². The van der Waals surface area contributed by atoms with E-state index in [1.165, 1.54) is 5.56 Å². The lowest BCUT2D eigenvalue weighted by atomic mass is 9.68. The van der Waals surface area contributed by atoms with Crippen molar-refractivity contribution in [3.05, 3.63) is 48.0 Å². The monoisotopic (exact) mass is 283 g/mol. The summed E-state index contributed by atoms with van der Waals surface area (Å²) in [4.78, 5) is 12.7. The van der Waals surface area contributed by atoms with Crippen LogP contribution < -0.4 is 5.32 Å². The molecule has 0 unspecified atom stereocenters. The van der Waals surface area contributed by atoms with Crippen molar-refractivity contribution in [3.8, 4) is 0 Å². The van der Waals surface area contributed by atoms with E-state index in [0.717, 1.165) is 31.3 Å². The van der Waals surface area contributed by atoms with Crippen molar-refractivity contribution in [1.29, 1.82) is 0 Å². The second kappa shape index (κ2) is 5.01. The molecule has 1 aromatic carbocycles. The minimum absolute atomic E-state index is 0.120. The van der Waals surface area contributed by atoms with Gasteiger partial charge in [-0.3, -0.25) is 4.79 Å². The molecule has 0 aliphatic heterocycles. The molecule has 0 spiro atoms. The van der Waals surface area contributed by atoms with E-state index in [4.69, 9.17) is 0 Å². The van der Waals surface area contributed by atoms with Crippen molar-refractivity contribution < 1.29 is 4.79 Å². The number of amides is 1. The molecule has 1 amide bonds. The molecule has 0 radical (unpaired) electrons. The van der Waals surface area contributed by atoms with Crippen LogP contribution in [0.25, 0.3) is 0 Å². The molecule has 2 heteroatoms. The average Bonchev–Trinajstić information content (AvgIpc) is 3.00. The smallest absolute Gasteiger partial charge is 0.230 e. The van der Waals surface area contributed by atoms with Gasteiger partial charge in [0.05, 0.1) is 5.41 Å². The highest BCUT2D eigenvalue weighted by atomic mass is 16.2. The van der Waals surface area contributed by atoms with Crippen molar-refractivity contribution >= 4 is 5.91 Å². The van der Waals surface area contributed by atoms with Crippen LogP contribution in [0.2, 0.25) is 0 Å². The normalized spacial score (nSPS) is 29.6. The molecule has 3 rings (SSSR count). The number of rotatable bonds is 4. The average molecular weight is 283 g/mol. The first kappa shape index (κ1) is 14.4. The van der Waals surface area contributed by atoms with Crippen molar-refractivity contribution in [2.75, 3.05) is 6.54 Å². The van der Waals surface area contributed by atoms with E-state index in [2.05, 4.69) is 37.9 Å². The Morgan fingerprint density at radius 1 is 1.33 bits per heavy atom. The van der Waals surface area contributed by atoms with Gasteiger partial charge in [-0.25, -0.2) is 0 Å². The van der Waals surface area contributed by atoms with Gasteiger partial charge in [-0.2, -0.15) is 0 Å². The van der Waals surface area contributed by atoms with Gasteiger partial charge in [-0.05, 0) is 42.6 Å². The van der Waals surface area contributed by atoms with E-state index in [1.807, 2.05) is 18.2 Å². The van der Waals surface area contributed by atoms with Crippen LogP contribution in [0, 0.1) is 16.7 Å². The Labute approximate surface area is 127 Å². The van der Waals surface area contributed by atoms with Crippen LogP contribution >= 0.6 is 0 Å². The summed E-state index contributed by atoms with van der Waals surface area (Å²) in [5, 5.41) is 3.16. The summed E-state index contributed by atoms with van der Waals surface area (Å²) in [6, 6.07) is 10.3. The third-order valence-electron chi connectivity index (χ3n) is 5.87. The van der Waals surface area contributed by atoms with E-state index < -0.39 is 0 Å². The van der Waals surface area contributed by atoms with Gasteiger partial charge in [-0.15, -0.1) is 0 Å². The number of carbonyl (C=O) groups excluding carboxylic acids is 1. The summed E-state index contributed by atoms with van der Waals surface area (Å²) in [5.41, 5.74) is 2.26. The van der Waals surface area contributed by atoms with Gasteiger partial charge in [-0.1, -0.05) is 56.3 Å². The molecule has 1 aromatic rings. The second-order valence-electron chi connectivity index (χ2n) is 7.21. The lowest BCUT2D eigenvalue weighted by molar-refractivity contribution is -0.128. The van der Waals surface area contributed by atoms with Crippen molar-refractivity contribution in [3.63, 3.8) is 0 Å². The van der Waals surface area contributed by atoms with Crippen molar-refractivity contribution in [2.45, 2.75) is 39.5 Å². The summed E-state index contributed by atoms with van der Waals surface area (Å²) in [6.45, 7) is 9.50. The molecule has 1 N–H and O–H groups in total. The molecule has 0 heterocycles. The second-order valence-corrected chi connectivity index (χ2v) is 7.21. The molecule has 2 aliphatic rings. The molecular weight excluding hydrogens is 258 g/mol. The predicted molar refractivity (Wildman–Crippen MR) is 85.9 cm³/mol. The SMILES string of the molecule is C=C1C(C)(C)[C@H]2CC[C@@]1(C(=O)NCCc1ccccc1)C2. The number of fused-ring (bicyclic) bond motifs is 2. The number of hydrogen-bond donors (Lipinski definition) is 1. The third-order valence-corrected chi connectivity index (χ3v) is 5.87. The Hall–Kier alpha value is -1.57. The lowest BCUT2D eigenvalue weighted by Gasteiger charge is -2.37. The Morgan fingerprint density at radius 3 is 2.67 bits per heavy atom. The molecular formula is C19H25NO. The Kier molecular flexibility index (Phi) is 3.43. The summed E-state index contributed by atoms with van der Waals surface area (Å²) in [6.07, 6.45) is 4.03. The van der Waals surface area contributed by atoms with Crippen molar-refractivity contribution in [2.24, 2.45) is 16.7 Å². The summed E-state index contributed by atoms with van der Waals surface area (Å²) >= 11 is 0. The standard InChI is InChI=1S/C19H25NO/c1-14-18(2,3)16-9-11-19(14,13-16)17(21)20-12-10-15-7-5-4-6-8-15/h4-8,16H,1,9-13H2,2-3H3,(H,20,21)/t16-,19+/m0/s1. The van der Waals surface area contributed by atoms with Gasteiger partial charge in [0.15, 0.2) is 0 Å². The van der Waals surface area contributed by atoms with E-state index in [9.17, 15) is 4.79 Å². The number of benzene rings is 1. The largest absolute Gasteiger partial charge is 0.355 e.